The maximum absolute atomic E-state index is 13.3. The maximum Gasteiger partial charge on any atom is 0.469 e. The number of allylic oxidation sites excluding steroid dienone is 4. The van der Waals surface area contributed by atoms with Gasteiger partial charge in [-0.2, -0.15) is 0 Å². The first-order valence-corrected chi connectivity index (χ1v) is 17.3. The monoisotopic (exact) mass is 625 g/mol. The molecule has 6 atom stereocenters. The molecule has 226 valence electrons. The van der Waals surface area contributed by atoms with Crippen molar-refractivity contribution in [3.8, 4) is 0 Å². The van der Waals surface area contributed by atoms with E-state index in [1.807, 2.05) is 25.1 Å². The average Bonchev–Trinajstić information content (AvgIpc) is 3.23. The Labute approximate surface area is 253 Å². The highest BCUT2D eigenvalue weighted by Gasteiger charge is 2.59. The van der Waals surface area contributed by atoms with E-state index < -0.39 is 13.9 Å². The van der Waals surface area contributed by atoms with Gasteiger partial charge in [0.15, 0.2) is 0 Å². The lowest BCUT2D eigenvalue weighted by atomic mass is 9.48. The number of hydrogen-bond acceptors (Lipinski definition) is 5. The highest BCUT2D eigenvalue weighted by atomic mass is 35.5. The predicted octanol–water partition coefficient (Wildman–Crippen LogP) is 7.37. The van der Waals surface area contributed by atoms with Gasteiger partial charge in [-0.1, -0.05) is 26.0 Å². The van der Waals surface area contributed by atoms with E-state index in [-0.39, 0.29) is 16.8 Å². The summed E-state index contributed by atoms with van der Waals surface area (Å²) in [6.07, 6.45) is 10.1. The Morgan fingerprint density at radius 1 is 1.10 bits per heavy atom. The predicted molar refractivity (Wildman–Crippen MR) is 162 cm³/mol. The third kappa shape index (κ3) is 6.05. The van der Waals surface area contributed by atoms with Crippen LogP contribution in [0.3, 0.4) is 0 Å². The molecule has 41 heavy (non-hydrogen) atoms. The number of anilines is 1. The van der Waals surface area contributed by atoms with Crippen LogP contribution in [0.2, 0.25) is 0 Å². The molecule has 10 heteroatoms. The van der Waals surface area contributed by atoms with Crippen LogP contribution in [0.15, 0.2) is 41.7 Å². The summed E-state index contributed by atoms with van der Waals surface area (Å²) in [6, 6.07) is 5.62. The third-order valence-corrected chi connectivity index (χ3v) is 11.5. The van der Waals surface area contributed by atoms with Crippen LogP contribution in [0.5, 0.6) is 0 Å². The lowest BCUT2D eigenvalue weighted by Crippen LogP contribution is -2.50. The van der Waals surface area contributed by atoms with E-state index in [0.717, 1.165) is 43.4 Å². The topological polar surface area (TPSA) is 96.3 Å². The van der Waals surface area contributed by atoms with Crippen molar-refractivity contribution < 1.29 is 28.4 Å². The van der Waals surface area contributed by atoms with Crippen molar-refractivity contribution in [1.29, 1.82) is 0 Å². The van der Waals surface area contributed by atoms with Gasteiger partial charge >= 0.3 is 13.8 Å². The SMILES string of the molecule is Cc1ccc(C(=O)OC2=CC3=CC[C@H]4[C@@H]5CC[C@H](OP(=O)(O)O)[C@@]5(C)CC[C@@H]4[C@@]3(C)CC2)cc1N(CCCl)CCCl. The molecule has 0 radical (unpaired) electrons. The van der Waals surface area contributed by atoms with Gasteiger partial charge in [0.1, 0.15) is 5.76 Å². The van der Waals surface area contributed by atoms with Crippen LogP contribution < -0.4 is 4.90 Å². The number of nitrogens with zero attached hydrogens (tertiary/aromatic N) is 1. The molecule has 0 bridgehead atoms. The van der Waals surface area contributed by atoms with Crippen molar-refractivity contribution >= 4 is 42.7 Å². The number of ether oxygens (including phenoxy) is 1. The van der Waals surface area contributed by atoms with Crippen molar-refractivity contribution in [1.82, 2.24) is 0 Å². The van der Waals surface area contributed by atoms with Crippen molar-refractivity contribution in [3.63, 3.8) is 0 Å². The van der Waals surface area contributed by atoms with Crippen LogP contribution >= 0.6 is 31.0 Å². The van der Waals surface area contributed by atoms with E-state index in [9.17, 15) is 19.1 Å². The molecule has 4 aliphatic carbocycles. The minimum atomic E-state index is -4.53. The Kier molecular flexibility index (Phi) is 9.08. The summed E-state index contributed by atoms with van der Waals surface area (Å²) < 4.78 is 22.9. The zero-order valence-electron chi connectivity index (χ0n) is 24.2. The lowest BCUT2D eigenvalue weighted by Gasteiger charge is -2.56. The number of esters is 1. The van der Waals surface area contributed by atoms with Gasteiger partial charge in [-0.05, 0) is 103 Å². The number of phosphoric ester groups is 1. The number of phosphoric acid groups is 1. The van der Waals surface area contributed by atoms with Crippen molar-refractivity contribution in [3.05, 3.63) is 52.8 Å². The van der Waals surface area contributed by atoms with Gasteiger partial charge in [0.25, 0.3) is 0 Å². The van der Waals surface area contributed by atoms with Crippen molar-refractivity contribution in [2.45, 2.75) is 71.8 Å². The Hall–Kier alpha value is -1.34. The number of halogens is 2. The Morgan fingerprint density at radius 2 is 1.83 bits per heavy atom. The van der Waals surface area contributed by atoms with Gasteiger partial charge in [-0.25, -0.2) is 9.36 Å². The Morgan fingerprint density at radius 3 is 2.51 bits per heavy atom. The second kappa shape index (κ2) is 12.0. The van der Waals surface area contributed by atoms with E-state index in [2.05, 4.69) is 30.9 Å². The minimum absolute atomic E-state index is 0.0109. The molecule has 4 aliphatic rings. The van der Waals surface area contributed by atoms with E-state index in [1.54, 1.807) is 0 Å². The summed E-state index contributed by atoms with van der Waals surface area (Å²) in [7, 11) is -4.53. The molecule has 0 amide bonds. The van der Waals surface area contributed by atoms with Crippen LogP contribution in [-0.4, -0.2) is 46.7 Å². The fourth-order valence-electron chi connectivity index (χ4n) is 8.48. The van der Waals surface area contributed by atoms with Crippen LogP contribution in [0, 0.1) is 35.5 Å². The molecule has 0 aromatic heterocycles. The van der Waals surface area contributed by atoms with Gasteiger partial charge < -0.3 is 19.4 Å². The molecule has 0 unspecified atom stereocenters. The number of carbonyl (C=O) groups excluding carboxylic acids is 1. The molecule has 2 saturated carbocycles. The van der Waals surface area contributed by atoms with Gasteiger partial charge in [0.2, 0.25) is 0 Å². The summed E-state index contributed by atoms with van der Waals surface area (Å²) in [4.78, 5) is 34.3. The molecule has 1 aromatic carbocycles. The first kappa shape index (κ1) is 31.1. The quantitative estimate of drug-likeness (QED) is 0.168. The van der Waals surface area contributed by atoms with E-state index >= 15 is 0 Å². The highest BCUT2D eigenvalue weighted by Crippen LogP contribution is 2.66. The van der Waals surface area contributed by atoms with E-state index in [1.165, 1.54) is 5.57 Å². The molecule has 5 rings (SSSR count). The number of carbonyl (C=O) groups is 1. The number of benzene rings is 1. The smallest absolute Gasteiger partial charge is 0.427 e. The first-order chi connectivity index (χ1) is 19.4. The number of hydrogen-bond donors (Lipinski definition) is 2. The fourth-order valence-corrected chi connectivity index (χ4v) is 9.57. The minimum Gasteiger partial charge on any atom is -0.427 e. The van der Waals surface area contributed by atoms with Crippen LogP contribution in [0.25, 0.3) is 0 Å². The largest absolute Gasteiger partial charge is 0.469 e. The zero-order chi connectivity index (χ0) is 29.6. The molecule has 1 aromatic rings. The number of aryl methyl sites for hydroxylation is 1. The van der Waals surface area contributed by atoms with Gasteiger partial charge in [-0.3, -0.25) is 4.52 Å². The van der Waals surface area contributed by atoms with Crippen LogP contribution in [0.1, 0.15) is 74.7 Å². The van der Waals surface area contributed by atoms with Gasteiger partial charge in [0.05, 0.1) is 11.7 Å². The van der Waals surface area contributed by atoms with Crippen LogP contribution in [-0.2, 0) is 13.8 Å². The third-order valence-electron chi connectivity index (χ3n) is 10.6. The number of alkyl halides is 2. The number of rotatable bonds is 9. The molecule has 7 nitrogen and oxygen atoms in total. The molecule has 0 saturated heterocycles. The summed E-state index contributed by atoms with van der Waals surface area (Å²) in [6.45, 7) is 7.82. The molecule has 0 spiro atoms. The lowest BCUT2D eigenvalue weighted by molar-refractivity contribution is -0.0616. The van der Waals surface area contributed by atoms with E-state index in [0.29, 0.717) is 66.8 Å². The summed E-state index contributed by atoms with van der Waals surface area (Å²) in [5.41, 5.74) is 3.52. The molecular weight excluding hydrogens is 584 g/mol. The summed E-state index contributed by atoms with van der Waals surface area (Å²) >= 11 is 12.0. The van der Waals surface area contributed by atoms with Crippen LogP contribution in [0.4, 0.5) is 5.69 Å². The Bertz CT molecular complexity index is 1270. The molecule has 0 aliphatic heterocycles. The second-order valence-electron chi connectivity index (χ2n) is 12.8. The first-order valence-electron chi connectivity index (χ1n) is 14.7. The highest BCUT2D eigenvalue weighted by molar-refractivity contribution is 7.46. The normalized spacial score (nSPS) is 32.8. The fraction of sp³-hybridized carbons (Fsp3) is 0.645. The molecule has 2 fully saturated rings. The van der Waals surface area contributed by atoms with Crippen molar-refractivity contribution in [2.24, 2.45) is 28.6 Å². The van der Waals surface area contributed by atoms with E-state index in [4.69, 9.17) is 32.5 Å². The standard InChI is InChI=1S/C31H42Cl2NO6P/c1-20-4-5-21(18-27(20)34(16-14-32)17-15-33)29(35)39-23-10-12-30(2)22(19-23)6-7-24-25-8-9-28(40-41(36,37)38)31(25,3)13-11-26(24)30/h4-6,18-19,24-26,28H,7-17H2,1-3H3,(H2,36,37,38)/t24-,25-,26-,28-,30-,31-/m0/s1. The molecular formula is C31H42Cl2NO6P. The van der Waals surface area contributed by atoms with Gasteiger partial charge in [0, 0.05) is 37.0 Å². The van der Waals surface area contributed by atoms with Crippen molar-refractivity contribution in [2.75, 3.05) is 29.7 Å². The van der Waals surface area contributed by atoms with Gasteiger partial charge in [-0.15, -0.1) is 23.2 Å². The zero-order valence-corrected chi connectivity index (χ0v) is 26.6. The summed E-state index contributed by atoms with van der Waals surface area (Å²) in [5, 5.41) is 0. The maximum atomic E-state index is 13.3. The number of fused-ring (bicyclic) bond motifs is 5. The summed E-state index contributed by atoms with van der Waals surface area (Å²) in [5.74, 6) is 2.60. The Balaban J connectivity index is 1.32. The molecule has 2 N–H and O–H groups in total. The second-order valence-corrected chi connectivity index (χ2v) is 14.7. The average molecular weight is 627 g/mol. The molecule has 0 heterocycles.